The fourth-order valence-corrected chi connectivity index (χ4v) is 5.15. The Hall–Kier alpha value is -5.16. The first-order valence-electron chi connectivity index (χ1n) is 13.5. The van der Waals surface area contributed by atoms with E-state index in [4.69, 9.17) is 15.0 Å². The average Bonchev–Trinajstić information content (AvgIpc) is 2.93. The van der Waals surface area contributed by atoms with Crippen molar-refractivity contribution in [3.8, 4) is 23.8 Å². The van der Waals surface area contributed by atoms with Crippen molar-refractivity contribution < 1.29 is 19.4 Å². The lowest BCUT2D eigenvalue weighted by molar-refractivity contribution is -0.138. The van der Waals surface area contributed by atoms with Crippen LogP contribution in [0.4, 0.5) is 16.4 Å². The predicted molar refractivity (Wildman–Crippen MR) is 155 cm³/mol. The van der Waals surface area contributed by atoms with Gasteiger partial charge in [-0.05, 0) is 89.1 Å². The summed E-state index contributed by atoms with van der Waals surface area (Å²) in [6, 6.07) is 13.7. The smallest absolute Gasteiger partial charge is 0.408 e. The molecule has 11 nitrogen and oxygen atoms in total. The lowest BCUT2D eigenvalue weighted by Gasteiger charge is -2.40. The number of amides is 2. The van der Waals surface area contributed by atoms with Crippen molar-refractivity contribution in [1.82, 2.24) is 19.8 Å². The number of carbonyl (C=O) groups is 2. The van der Waals surface area contributed by atoms with Crippen molar-refractivity contribution >= 4 is 23.6 Å². The molecule has 1 aliphatic heterocycles. The molecule has 3 aromatic rings. The van der Waals surface area contributed by atoms with Crippen LogP contribution in [0.15, 0.2) is 36.4 Å². The highest BCUT2D eigenvalue weighted by molar-refractivity contribution is 5.85. The fourth-order valence-electron chi connectivity index (χ4n) is 5.15. The van der Waals surface area contributed by atoms with Gasteiger partial charge in [0.25, 0.3) is 0 Å². The van der Waals surface area contributed by atoms with Gasteiger partial charge in [0.2, 0.25) is 17.7 Å². The van der Waals surface area contributed by atoms with E-state index < -0.39 is 17.7 Å². The number of anilines is 2. The molecule has 2 aromatic carbocycles. The SMILES string of the molecule is Cc1cc(C#N)cc(C)c1Oc1nc(Nc2ccc(C#N)cc2)nc2c1CN(C(=O)[C@H](C)N(C(=O)O)C(C)(C)C)CC2. The summed E-state index contributed by atoms with van der Waals surface area (Å²) in [5.41, 5.74) is 3.76. The van der Waals surface area contributed by atoms with Crippen molar-refractivity contribution in [2.24, 2.45) is 0 Å². The van der Waals surface area contributed by atoms with Gasteiger partial charge >= 0.3 is 6.09 Å². The Bertz CT molecular complexity index is 1590. The van der Waals surface area contributed by atoms with Gasteiger partial charge in [-0.25, -0.2) is 9.78 Å². The molecule has 2 heterocycles. The molecule has 0 aliphatic carbocycles. The second-order valence-electron chi connectivity index (χ2n) is 11.3. The largest absolute Gasteiger partial charge is 0.465 e. The molecule has 2 N–H and O–H groups in total. The third-order valence-corrected chi connectivity index (χ3v) is 7.07. The van der Waals surface area contributed by atoms with E-state index in [0.29, 0.717) is 46.8 Å². The number of nitrogens with zero attached hydrogens (tertiary/aromatic N) is 6. The number of fused-ring (bicyclic) bond motifs is 1. The molecule has 11 heteroatoms. The summed E-state index contributed by atoms with van der Waals surface area (Å²) in [6.45, 7) is 11.0. The maximum Gasteiger partial charge on any atom is 0.408 e. The number of hydrogen-bond donors (Lipinski definition) is 2. The maximum atomic E-state index is 13.6. The molecule has 0 bridgehead atoms. The maximum absolute atomic E-state index is 13.6. The summed E-state index contributed by atoms with van der Waals surface area (Å²) in [5, 5.41) is 31.5. The zero-order valence-electron chi connectivity index (χ0n) is 24.5. The summed E-state index contributed by atoms with van der Waals surface area (Å²) in [7, 11) is 0. The van der Waals surface area contributed by atoms with Crippen molar-refractivity contribution in [2.45, 2.75) is 66.1 Å². The second kappa shape index (κ2) is 11.8. The van der Waals surface area contributed by atoms with Crippen LogP contribution in [0.25, 0.3) is 0 Å². The number of ether oxygens (including phenoxy) is 1. The molecule has 0 radical (unpaired) electrons. The molecule has 2 amide bonds. The normalized spacial score (nSPS) is 13.3. The number of carboxylic acid groups (broad SMARTS) is 1. The number of aryl methyl sites for hydroxylation is 2. The Labute approximate surface area is 245 Å². The van der Waals surface area contributed by atoms with Crippen LogP contribution >= 0.6 is 0 Å². The van der Waals surface area contributed by atoms with Gasteiger partial charge in [0, 0.05) is 24.2 Å². The highest BCUT2D eigenvalue weighted by Crippen LogP contribution is 2.35. The van der Waals surface area contributed by atoms with Crippen LogP contribution in [0, 0.1) is 36.5 Å². The van der Waals surface area contributed by atoms with E-state index in [9.17, 15) is 20.0 Å². The average molecular weight is 568 g/mol. The van der Waals surface area contributed by atoms with Crippen LogP contribution < -0.4 is 10.1 Å². The molecule has 1 atom stereocenters. The summed E-state index contributed by atoms with van der Waals surface area (Å²) >= 11 is 0. The van der Waals surface area contributed by atoms with Gasteiger partial charge in [0.1, 0.15) is 11.8 Å². The summed E-state index contributed by atoms with van der Waals surface area (Å²) in [5.74, 6) is 0.758. The van der Waals surface area contributed by atoms with Gasteiger partial charge in [0.05, 0.1) is 41.1 Å². The second-order valence-corrected chi connectivity index (χ2v) is 11.3. The molecule has 1 aliphatic rings. The number of benzene rings is 2. The summed E-state index contributed by atoms with van der Waals surface area (Å²) in [6.07, 6.45) is -0.763. The van der Waals surface area contributed by atoms with Crippen LogP contribution in [0.3, 0.4) is 0 Å². The number of hydrogen-bond acceptors (Lipinski definition) is 8. The minimum absolute atomic E-state index is 0.136. The van der Waals surface area contributed by atoms with E-state index >= 15 is 0 Å². The van der Waals surface area contributed by atoms with Crippen molar-refractivity contribution in [1.29, 1.82) is 10.5 Å². The van der Waals surface area contributed by atoms with Gasteiger partial charge in [0.15, 0.2) is 0 Å². The third kappa shape index (κ3) is 6.26. The van der Waals surface area contributed by atoms with Crippen molar-refractivity contribution in [3.05, 3.63) is 69.9 Å². The van der Waals surface area contributed by atoms with Crippen molar-refractivity contribution in [2.75, 3.05) is 11.9 Å². The van der Waals surface area contributed by atoms with E-state index in [0.717, 1.165) is 16.0 Å². The molecule has 0 saturated heterocycles. The molecular weight excluding hydrogens is 534 g/mol. The highest BCUT2D eigenvalue weighted by Gasteiger charge is 2.38. The standard InChI is InChI=1S/C31H33N7O4/c1-18-13-22(16-33)14-19(2)26(18)42-27-24-17-37(28(39)20(3)38(30(40)41)31(4,5)6)12-11-25(24)35-29(36-27)34-23-9-7-21(15-32)8-10-23/h7-10,13-14,20H,11-12,17H2,1-6H3,(H,40,41)(H,34,35,36)/t20-/m0/s1. The lowest BCUT2D eigenvalue weighted by atomic mass is 10.0. The number of nitrogens with one attached hydrogen (secondary N) is 1. The highest BCUT2D eigenvalue weighted by atomic mass is 16.5. The first kappa shape index (κ1) is 29.8. The van der Waals surface area contributed by atoms with E-state index in [2.05, 4.69) is 22.4 Å². The first-order valence-corrected chi connectivity index (χ1v) is 13.5. The Morgan fingerprint density at radius 2 is 1.69 bits per heavy atom. The summed E-state index contributed by atoms with van der Waals surface area (Å²) < 4.78 is 6.40. The van der Waals surface area contributed by atoms with E-state index in [1.807, 2.05) is 13.8 Å². The molecule has 4 rings (SSSR count). The molecule has 0 saturated carbocycles. The molecule has 0 spiro atoms. The van der Waals surface area contributed by atoms with Crippen LogP contribution in [-0.4, -0.2) is 55.0 Å². The van der Waals surface area contributed by atoms with Gasteiger partial charge in [-0.15, -0.1) is 0 Å². The Morgan fingerprint density at radius 3 is 2.24 bits per heavy atom. The lowest BCUT2D eigenvalue weighted by Crippen LogP contribution is -2.56. The van der Waals surface area contributed by atoms with Gasteiger partial charge < -0.3 is 20.1 Å². The molecule has 42 heavy (non-hydrogen) atoms. The van der Waals surface area contributed by atoms with Crippen molar-refractivity contribution in [3.63, 3.8) is 0 Å². The zero-order valence-corrected chi connectivity index (χ0v) is 24.5. The molecule has 0 fully saturated rings. The molecule has 1 aromatic heterocycles. The molecular formula is C31H33N7O4. The van der Waals surface area contributed by atoms with Crippen LogP contribution in [-0.2, 0) is 17.8 Å². The Balaban J connectivity index is 1.72. The third-order valence-electron chi connectivity index (χ3n) is 7.07. The fraction of sp³-hybridized carbons (Fsp3) is 0.355. The van der Waals surface area contributed by atoms with Crippen LogP contribution in [0.1, 0.15) is 61.2 Å². The topological polar surface area (TPSA) is 155 Å². The summed E-state index contributed by atoms with van der Waals surface area (Å²) in [4.78, 5) is 37.8. The van der Waals surface area contributed by atoms with Crippen LogP contribution in [0.5, 0.6) is 11.6 Å². The molecule has 216 valence electrons. The number of carbonyl (C=O) groups excluding carboxylic acids is 1. The van der Waals surface area contributed by atoms with Gasteiger partial charge in [-0.1, -0.05) is 0 Å². The minimum atomic E-state index is -1.17. The van der Waals surface area contributed by atoms with Gasteiger partial charge in [-0.3, -0.25) is 9.69 Å². The number of aromatic nitrogens is 2. The van der Waals surface area contributed by atoms with E-state index in [1.165, 1.54) is 0 Å². The quantitative estimate of drug-likeness (QED) is 0.397. The van der Waals surface area contributed by atoms with Gasteiger partial charge in [-0.2, -0.15) is 15.5 Å². The van der Waals surface area contributed by atoms with Crippen LogP contribution in [0.2, 0.25) is 0 Å². The predicted octanol–water partition coefficient (Wildman–Crippen LogP) is 5.42. The Kier molecular flexibility index (Phi) is 8.34. The van der Waals surface area contributed by atoms with E-state index in [-0.39, 0.29) is 24.3 Å². The number of nitriles is 2. The number of rotatable bonds is 6. The first-order chi connectivity index (χ1) is 19.8. The van der Waals surface area contributed by atoms with E-state index in [1.54, 1.807) is 69.0 Å². The minimum Gasteiger partial charge on any atom is -0.465 e. The monoisotopic (exact) mass is 567 g/mol. The zero-order chi connectivity index (χ0) is 30.8. The molecule has 0 unspecified atom stereocenters. The Morgan fingerprint density at radius 1 is 1.07 bits per heavy atom.